The van der Waals surface area contributed by atoms with Crippen LogP contribution in [0.3, 0.4) is 0 Å². The molecule has 0 saturated carbocycles. The largest absolute Gasteiger partial charge is 0.550 e. The molecule has 0 fully saturated rings. The maximum absolute atomic E-state index is 11.5. The number of carbonyl (C=O) groups excluding carboxylic acids is 2. The van der Waals surface area contributed by atoms with Gasteiger partial charge in [-0.15, -0.1) is 0 Å². The first-order valence-electron chi connectivity index (χ1n) is 6.37. The van der Waals surface area contributed by atoms with E-state index in [2.05, 4.69) is 5.32 Å². The lowest BCUT2D eigenvalue weighted by atomic mass is 10.0. The fourth-order valence-electron chi connectivity index (χ4n) is 1.74. The molecule has 3 N–H and O–H groups in total. The van der Waals surface area contributed by atoms with Gasteiger partial charge in [0.15, 0.2) is 0 Å². The summed E-state index contributed by atoms with van der Waals surface area (Å²) in [4.78, 5) is 31.7. The third-order valence-electron chi connectivity index (χ3n) is 2.93. The van der Waals surface area contributed by atoms with Crippen LogP contribution in [0.25, 0.3) is 0 Å². The first kappa shape index (κ1) is 17.5. The predicted octanol–water partition coefficient (Wildman–Crippen LogP) is -1.36. The van der Waals surface area contributed by atoms with Gasteiger partial charge < -0.3 is 25.4 Å². The smallest absolute Gasteiger partial charge is 0.269 e. The van der Waals surface area contributed by atoms with E-state index in [1.165, 1.54) is 24.3 Å². The van der Waals surface area contributed by atoms with Crippen molar-refractivity contribution in [2.45, 2.75) is 25.0 Å². The van der Waals surface area contributed by atoms with Gasteiger partial charge in [0, 0.05) is 24.5 Å². The van der Waals surface area contributed by atoms with Crippen LogP contribution < -0.4 is 10.4 Å². The summed E-state index contributed by atoms with van der Waals surface area (Å²) in [7, 11) is 0. The SMILES string of the molecule is O=C([O-])CCC(=O)N[C@H](CO)[C@H](O)c1ccc([N+](=O)[O-])cc1. The molecule has 1 amide bonds. The minimum absolute atomic E-state index is 0.158. The highest BCUT2D eigenvalue weighted by Gasteiger charge is 2.22. The molecule has 0 aliphatic rings. The van der Waals surface area contributed by atoms with Crippen molar-refractivity contribution < 1.29 is 29.8 Å². The minimum atomic E-state index is -1.38. The molecule has 2 atom stereocenters. The van der Waals surface area contributed by atoms with Gasteiger partial charge in [0.25, 0.3) is 5.69 Å². The molecule has 9 heteroatoms. The number of nitro benzene ring substituents is 1. The minimum Gasteiger partial charge on any atom is -0.550 e. The predicted molar refractivity (Wildman–Crippen MR) is 71.3 cm³/mol. The number of amides is 1. The van der Waals surface area contributed by atoms with Gasteiger partial charge in [-0.05, 0) is 24.1 Å². The van der Waals surface area contributed by atoms with Crippen molar-refractivity contribution in [3.8, 4) is 0 Å². The van der Waals surface area contributed by atoms with Crippen molar-refractivity contribution in [2.24, 2.45) is 0 Å². The molecule has 0 aliphatic carbocycles. The Morgan fingerprint density at radius 2 is 1.82 bits per heavy atom. The van der Waals surface area contributed by atoms with E-state index in [0.717, 1.165) is 0 Å². The van der Waals surface area contributed by atoms with Crippen LogP contribution in [0.1, 0.15) is 24.5 Å². The molecule has 22 heavy (non-hydrogen) atoms. The summed E-state index contributed by atoms with van der Waals surface area (Å²) in [5.41, 5.74) is 0.111. The molecule has 0 aliphatic heterocycles. The van der Waals surface area contributed by atoms with Gasteiger partial charge in [-0.3, -0.25) is 14.9 Å². The van der Waals surface area contributed by atoms with Crippen LogP contribution in [-0.2, 0) is 9.59 Å². The Labute approximate surface area is 125 Å². The molecule has 0 bridgehead atoms. The molecule has 0 heterocycles. The van der Waals surface area contributed by atoms with Crippen LogP contribution >= 0.6 is 0 Å². The number of non-ortho nitro benzene ring substituents is 1. The Hall–Kier alpha value is -2.52. The number of aliphatic carboxylic acids is 1. The van der Waals surface area contributed by atoms with Crippen molar-refractivity contribution in [1.29, 1.82) is 0 Å². The number of nitro groups is 1. The standard InChI is InChI=1S/C13H16N2O7/c16-7-10(14-11(17)5-6-12(18)19)13(20)8-1-3-9(4-2-8)15(21)22/h1-4,10,13,16,20H,5-7H2,(H,14,17)(H,18,19)/p-1/t10-,13-/m1/s1. The molecular weight excluding hydrogens is 296 g/mol. The summed E-state index contributed by atoms with van der Waals surface area (Å²) in [5, 5.41) is 42.4. The zero-order chi connectivity index (χ0) is 16.7. The average Bonchev–Trinajstić information content (AvgIpc) is 2.50. The highest BCUT2D eigenvalue weighted by Crippen LogP contribution is 2.20. The van der Waals surface area contributed by atoms with Crippen LogP contribution in [0.4, 0.5) is 5.69 Å². The summed E-state index contributed by atoms with van der Waals surface area (Å²) in [6.07, 6.45) is -2.11. The zero-order valence-corrected chi connectivity index (χ0v) is 11.5. The zero-order valence-electron chi connectivity index (χ0n) is 11.5. The van der Waals surface area contributed by atoms with E-state index in [-0.39, 0.29) is 17.7 Å². The normalized spacial score (nSPS) is 13.2. The summed E-state index contributed by atoms with van der Waals surface area (Å²) >= 11 is 0. The lowest BCUT2D eigenvalue weighted by molar-refractivity contribution is -0.384. The molecule has 9 nitrogen and oxygen atoms in total. The summed E-state index contributed by atoms with van der Waals surface area (Å²) in [6.45, 7) is -0.588. The summed E-state index contributed by atoms with van der Waals surface area (Å²) < 4.78 is 0. The monoisotopic (exact) mass is 311 g/mol. The average molecular weight is 311 g/mol. The van der Waals surface area contributed by atoms with Crippen molar-refractivity contribution in [3.05, 3.63) is 39.9 Å². The number of nitrogens with one attached hydrogen (secondary N) is 1. The van der Waals surface area contributed by atoms with Gasteiger partial charge in [0.1, 0.15) is 6.10 Å². The summed E-state index contributed by atoms with van der Waals surface area (Å²) in [5.74, 6) is -2.05. The van der Waals surface area contributed by atoms with Crippen LogP contribution in [0.2, 0.25) is 0 Å². The second-order valence-electron chi connectivity index (χ2n) is 4.52. The summed E-state index contributed by atoms with van der Waals surface area (Å²) in [6, 6.07) is 3.92. The van der Waals surface area contributed by atoms with Crippen molar-refractivity contribution >= 4 is 17.6 Å². The van der Waals surface area contributed by atoms with E-state index in [9.17, 15) is 35.0 Å². The number of aliphatic hydroxyl groups is 2. The number of hydrogen-bond donors (Lipinski definition) is 3. The lowest BCUT2D eigenvalue weighted by Gasteiger charge is -2.22. The second-order valence-corrected chi connectivity index (χ2v) is 4.52. The van der Waals surface area contributed by atoms with E-state index >= 15 is 0 Å². The van der Waals surface area contributed by atoms with Gasteiger partial charge in [-0.1, -0.05) is 0 Å². The third-order valence-corrected chi connectivity index (χ3v) is 2.93. The Bertz CT molecular complexity index is 544. The fourth-order valence-corrected chi connectivity index (χ4v) is 1.74. The molecule has 0 unspecified atom stereocenters. The number of hydrogen-bond acceptors (Lipinski definition) is 7. The first-order chi connectivity index (χ1) is 10.3. The van der Waals surface area contributed by atoms with Crippen molar-refractivity contribution in [1.82, 2.24) is 5.32 Å². The molecule has 120 valence electrons. The Morgan fingerprint density at radius 3 is 2.27 bits per heavy atom. The topological polar surface area (TPSA) is 153 Å². The first-order valence-corrected chi connectivity index (χ1v) is 6.37. The van der Waals surface area contributed by atoms with Gasteiger partial charge in [-0.2, -0.15) is 0 Å². The van der Waals surface area contributed by atoms with Crippen molar-refractivity contribution in [2.75, 3.05) is 6.61 Å². The Kier molecular flexibility index (Phi) is 6.42. The van der Waals surface area contributed by atoms with Crippen molar-refractivity contribution in [3.63, 3.8) is 0 Å². The molecular formula is C13H15N2O7-. The Morgan fingerprint density at radius 1 is 1.23 bits per heavy atom. The molecule has 0 spiro atoms. The van der Waals surface area contributed by atoms with Crippen LogP contribution in [-0.4, -0.2) is 39.7 Å². The van der Waals surface area contributed by atoms with E-state index in [4.69, 9.17) is 0 Å². The van der Waals surface area contributed by atoms with E-state index in [1.54, 1.807) is 0 Å². The lowest BCUT2D eigenvalue weighted by Crippen LogP contribution is -2.42. The molecule has 0 saturated heterocycles. The highest BCUT2D eigenvalue weighted by atomic mass is 16.6. The van der Waals surface area contributed by atoms with Gasteiger partial charge >= 0.3 is 0 Å². The molecule has 1 aromatic rings. The maximum atomic E-state index is 11.5. The molecule has 0 radical (unpaired) electrons. The fraction of sp³-hybridized carbons (Fsp3) is 0.385. The van der Waals surface area contributed by atoms with Gasteiger partial charge in [0.2, 0.25) is 5.91 Å². The number of rotatable bonds is 8. The molecule has 1 aromatic carbocycles. The quantitative estimate of drug-likeness (QED) is 0.395. The number of aliphatic hydroxyl groups excluding tert-OH is 2. The number of carboxylic acids is 1. The molecule has 1 rings (SSSR count). The van der Waals surface area contributed by atoms with Crippen LogP contribution in [0, 0.1) is 10.1 Å². The number of carbonyl (C=O) groups is 2. The molecule has 0 aromatic heterocycles. The van der Waals surface area contributed by atoms with Gasteiger partial charge in [0.05, 0.1) is 17.6 Å². The Balaban J connectivity index is 2.70. The van der Waals surface area contributed by atoms with E-state index < -0.39 is 42.0 Å². The van der Waals surface area contributed by atoms with E-state index in [1.807, 2.05) is 0 Å². The highest BCUT2D eigenvalue weighted by molar-refractivity contribution is 5.80. The number of nitrogens with zero attached hydrogens (tertiary/aromatic N) is 1. The van der Waals surface area contributed by atoms with E-state index in [0.29, 0.717) is 0 Å². The van der Waals surface area contributed by atoms with Crippen LogP contribution in [0.5, 0.6) is 0 Å². The second kappa shape index (κ2) is 8.05. The number of carboxylic acid groups (broad SMARTS) is 1. The van der Waals surface area contributed by atoms with Crippen LogP contribution in [0.15, 0.2) is 24.3 Å². The number of benzene rings is 1. The van der Waals surface area contributed by atoms with Gasteiger partial charge in [-0.25, -0.2) is 0 Å². The third kappa shape index (κ3) is 5.11. The maximum Gasteiger partial charge on any atom is 0.269 e.